The fraction of sp³-hybridized carbons (Fsp3) is 0.636. The second-order valence-electron chi connectivity index (χ2n) is 4.01. The predicted octanol–water partition coefficient (Wildman–Crippen LogP) is -1.28. The third kappa shape index (κ3) is 4.39. The first kappa shape index (κ1) is 16.9. The van der Waals surface area contributed by atoms with Crippen LogP contribution in [0.2, 0.25) is 0 Å². The highest BCUT2D eigenvalue weighted by Crippen LogP contribution is 2.05. The maximum atomic E-state index is 10.9. The average Bonchev–Trinajstić information content (AvgIpc) is 2.85. The number of ether oxygens (including phenoxy) is 2. The molecule has 0 radical (unpaired) electrons. The van der Waals surface area contributed by atoms with Crippen LogP contribution in [0, 0.1) is 0 Å². The van der Waals surface area contributed by atoms with Gasteiger partial charge in [0.2, 0.25) is 12.5 Å². The maximum Gasteiger partial charge on any atom is 0.326 e. The van der Waals surface area contributed by atoms with Crippen molar-refractivity contribution >= 4 is 23.9 Å². The Hall–Kier alpha value is -2.20. The molecule has 2 aliphatic rings. The fourth-order valence-corrected chi connectivity index (χ4v) is 1.57. The predicted molar refractivity (Wildman–Crippen MR) is 68.8 cm³/mol. The number of likely N-dealkylation sites (N-methyl/N-ethyl adjacent to an activating group) is 1. The standard InChI is InChI=1S/C6H10N2O3.C5H8N2O3/c1-3-11-5-4(9)7-6(10)8(5)2;1-2-10-4-3(8)6-5(9)7-4/h5H,3H2,1-2H3,(H,7,9,10);4H,2H2,1H3,(H2,6,7,8,9). The van der Waals surface area contributed by atoms with Gasteiger partial charge in [0.15, 0.2) is 0 Å². The summed E-state index contributed by atoms with van der Waals surface area (Å²) in [7, 11) is 1.51. The third-order valence-corrected chi connectivity index (χ3v) is 2.52. The molecule has 2 fully saturated rings. The number of nitrogens with zero attached hydrogens (tertiary/aromatic N) is 1. The molecule has 21 heavy (non-hydrogen) atoms. The summed E-state index contributed by atoms with van der Waals surface area (Å²) in [6.07, 6.45) is -1.54. The van der Waals surface area contributed by atoms with Crippen LogP contribution >= 0.6 is 0 Å². The second-order valence-corrected chi connectivity index (χ2v) is 4.01. The van der Waals surface area contributed by atoms with E-state index in [2.05, 4.69) is 10.6 Å². The SMILES string of the molecule is CCOC1C(=O)NC(=O)N1C.CCOC1NC(=O)NC1=O. The van der Waals surface area contributed by atoms with Crippen molar-refractivity contribution in [3.05, 3.63) is 0 Å². The molecule has 10 heteroatoms. The summed E-state index contributed by atoms with van der Waals surface area (Å²) in [4.78, 5) is 44.0. The van der Waals surface area contributed by atoms with Gasteiger partial charge in [0, 0.05) is 20.3 Å². The van der Waals surface area contributed by atoms with E-state index < -0.39 is 30.4 Å². The lowest BCUT2D eigenvalue weighted by Crippen LogP contribution is -2.33. The van der Waals surface area contributed by atoms with Gasteiger partial charge in [0.05, 0.1) is 0 Å². The van der Waals surface area contributed by atoms with Crippen LogP contribution in [0.15, 0.2) is 0 Å². The van der Waals surface area contributed by atoms with E-state index in [0.717, 1.165) is 0 Å². The summed E-state index contributed by atoms with van der Waals surface area (Å²) in [6.45, 7) is 4.33. The van der Waals surface area contributed by atoms with Gasteiger partial charge >= 0.3 is 12.1 Å². The highest BCUT2D eigenvalue weighted by Gasteiger charge is 2.35. The minimum atomic E-state index is -0.794. The smallest absolute Gasteiger partial charge is 0.326 e. The van der Waals surface area contributed by atoms with E-state index in [1.54, 1.807) is 13.8 Å². The first-order valence-electron chi connectivity index (χ1n) is 6.32. The Morgan fingerprint density at radius 3 is 2.00 bits per heavy atom. The van der Waals surface area contributed by atoms with Crippen LogP contribution < -0.4 is 16.0 Å². The number of carbonyl (C=O) groups is 4. The summed E-state index contributed by atoms with van der Waals surface area (Å²) >= 11 is 0. The van der Waals surface area contributed by atoms with Crippen molar-refractivity contribution in [3.8, 4) is 0 Å². The summed E-state index contributed by atoms with van der Waals surface area (Å²) < 4.78 is 9.83. The number of imide groups is 2. The molecule has 10 nitrogen and oxygen atoms in total. The van der Waals surface area contributed by atoms with E-state index in [0.29, 0.717) is 13.2 Å². The van der Waals surface area contributed by atoms with Crippen LogP contribution in [-0.2, 0) is 19.1 Å². The monoisotopic (exact) mass is 302 g/mol. The molecule has 2 rings (SSSR count). The number of urea groups is 2. The Kier molecular flexibility index (Phi) is 6.06. The first-order valence-corrected chi connectivity index (χ1v) is 6.32. The molecule has 118 valence electrons. The lowest BCUT2D eigenvalue weighted by molar-refractivity contribution is -0.134. The highest BCUT2D eigenvalue weighted by atomic mass is 16.5. The molecule has 2 heterocycles. The Labute approximate surface area is 121 Å². The zero-order chi connectivity index (χ0) is 16.0. The van der Waals surface area contributed by atoms with Gasteiger partial charge < -0.3 is 14.8 Å². The van der Waals surface area contributed by atoms with Crippen LogP contribution in [0.3, 0.4) is 0 Å². The van der Waals surface area contributed by atoms with Crippen molar-refractivity contribution in [1.82, 2.24) is 20.9 Å². The van der Waals surface area contributed by atoms with Crippen LogP contribution in [0.4, 0.5) is 9.59 Å². The quantitative estimate of drug-likeness (QED) is 0.555. The molecular formula is C11H18N4O6. The molecule has 2 unspecified atom stereocenters. The molecule has 0 aromatic carbocycles. The van der Waals surface area contributed by atoms with Gasteiger partial charge in [0.1, 0.15) is 0 Å². The summed E-state index contributed by atoms with van der Waals surface area (Å²) in [5, 5.41) is 6.44. The highest BCUT2D eigenvalue weighted by molar-refractivity contribution is 6.03. The lowest BCUT2D eigenvalue weighted by Gasteiger charge is -2.14. The van der Waals surface area contributed by atoms with Crippen molar-refractivity contribution in [1.29, 1.82) is 0 Å². The van der Waals surface area contributed by atoms with Crippen molar-refractivity contribution in [2.45, 2.75) is 26.3 Å². The molecule has 2 saturated heterocycles. The van der Waals surface area contributed by atoms with Gasteiger partial charge in [-0.05, 0) is 13.8 Å². The summed E-state index contributed by atoms with van der Waals surface area (Å²) in [5.74, 6) is -0.814. The van der Waals surface area contributed by atoms with E-state index in [4.69, 9.17) is 9.47 Å². The number of nitrogens with one attached hydrogen (secondary N) is 3. The number of amides is 6. The molecule has 0 aliphatic carbocycles. The molecular weight excluding hydrogens is 284 g/mol. The zero-order valence-corrected chi connectivity index (χ0v) is 12.0. The first-order chi connectivity index (χ1) is 9.90. The van der Waals surface area contributed by atoms with Gasteiger partial charge in [0.25, 0.3) is 11.8 Å². The van der Waals surface area contributed by atoms with Crippen LogP contribution in [0.5, 0.6) is 0 Å². The Morgan fingerprint density at radius 1 is 1.00 bits per heavy atom. The van der Waals surface area contributed by atoms with E-state index in [-0.39, 0.29) is 5.91 Å². The third-order valence-electron chi connectivity index (χ3n) is 2.52. The normalized spacial score (nSPS) is 24.2. The van der Waals surface area contributed by atoms with E-state index in [9.17, 15) is 19.2 Å². The van der Waals surface area contributed by atoms with Gasteiger partial charge in [-0.15, -0.1) is 0 Å². The van der Waals surface area contributed by atoms with E-state index in [1.165, 1.54) is 11.9 Å². The van der Waals surface area contributed by atoms with Crippen LogP contribution in [-0.4, -0.2) is 61.5 Å². The zero-order valence-electron chi connectivity index (χ0n) is 12.0. The molecule has 0 saturated carbocycles. The summed E-state index contributed by atoms with van der Waals surface area (Å²) in [5.41, 5.74) is 0. The van der Waals surface area contributed by atoms with Crippen LogP contribution in [0.1, 0.15) is 13.8 Å². The molecule has 2 aliphatic heterocycles. The van der Waals surface area contributed by atoms with Crippen molar-refractivity contribution in [3.63, 3.8) is 0 Å². The fourth-order valence-electron chi connectivity index (χ4n) is 1.57. The van der Waals surface area contributed by atoms with Crippen molar-refractivity contribution < 1.29 is 28.7 Å². The average molecular weight is 302 g/mol. The molecule has 0 aromatic heterocycles. The van der Waals surface area contributed by atoms with Crippen molar-refractivity contribution in [2.75, 3.05) is 20.3 Å². The van der Waals surface area contributed by atoms with E-state index >= 15 is 0 Å². The second kappa shape index (κ2) is 7.55. The summed E-state index contributed by atoms with van der Waals surface area (Å²) in [6, 6.07) is -0.906. The molecule has 6 amide bonds. The molecule has 0 spiro atoms. The number of carbonyl (C=O) groups excluding carboxylic acids is 4. The molecule has 2 atom stereocenters. The minimum Gasteiger partial charge on any atom is -0.350 e. The van der Waals surface area contributed by atoms with Gasteiger partial charge in [-0.3, -0.25) is 25.1 Å². The van der Waals surface area contributed by atoms with Gasteiger partial charge in [-0.2, -0.15) is 0 Å². The Morgan fingerprint density at radius 2 is 1.62 bits per heavy atom. The molecule has 0 aromatic rings. The minimum absolute atomic E-state index is 0.389. The van der Waals surface area contributed by atoms with Crippen molar-refractivity contribution in [2.24, 2.45) is 0 Å². The topological polar surface area (TPSA) is 126 Å². The largest absolute Gasteiger partial charge is 0.350 e. The van der Waals surface area contributed by atoms with Crippen LogP contribution in [0.25, 0.3) is 0 Å². The Bertz CT molecular complexity index is 440. The Balaban J connectivity index is 0.000000211. The maximum absolute atomic E-state index is 10.9. The lowest BCUT2D eigenvalue weighted by atomic mass is 10.5. The number of hydrogen-bond donors (Lipinski definition) is 3. The molecule has 0 bridgehead atoms. The number of rotatable bonds is 4. The van der Waals surface area contributed by atoms with Gasteiger partial charge in [-0.1, -0.05) is 0 Å². The van der Waals surface area contributed by atoms with Gasteiger partial charge in [-0.25, -0.2) is 9.59 Å². The molecule has 3 N–H and O–H groups in total. The van der Waals surface area contributed by atoms with E-state index in [1.807, 2.05) is 5.32 Å². The number of hydrogen-bond acceptors (Lipinski definition) is 6.